The largest absolute Gasteiger partial charge is 0.508 e. The molecule has 0 unspecified atom stereocenters. The third-order valence-corrected chi connectivity index (χ3v) is 3.93. The van der Waals surface area contributed by atoms with E-state index < -0.39 is 0 Å². The summed E-state index contributed by atoms with van der Waals surface area (Å²) in [4.78, 5) is 0. The van der Waals surface area contributed by atoms with Gasteiger partial charge in [-0.2, -0.15) is 0 Å². The van der Waals surface area contributed by atoms with Gasteiger partial charge in [0.25, 0.3) is 0 Å². The molecule has 2 N–H and O–H groups in total. The van der Waals surface area contributed by atoms with Gasteiger partial charge in [0, 0.05) is 0 Å². The topological polar surface area (TPSA) is 49.7 Å². The third kappa shape index (κ3) is 13.1. The maximum Gasteiger partial charge on any atom is 0.115 e. The van der Waals surface area contributed by atoms with Gasteiger partial charge >= 0.3 is 0 Å². The fourth-order valence-electron chi connectivity index (χ4n) is 2.12. The Morgan fingerprint density at radius 1 is 0.760 bits per heavy atom. The lowest BCUT2D eigenvalue weighted by atomic mass is 10.1. The standard InChI is InChI=1S/C16H30O.C6H6O2/c1-5-9-11-15(7-3)13-17-14-16(8-4)12-10-6-2;7-5-1-2-6(8)4-3-5/h13-14H,5-12H2,1-4H3;1-4,7-8H. The molecule has 0 fully saturated rings. The number of ether oxygens (including phenoxy) is 1. The van der Waals surface area contributed by atoms with Crippen LogP contribution in [0.15, 0.2) is 47.9 Å². The van der Waals surface area contributed by atoms with E-state index >= 15 is 0 Å². The molecule has 0 aliphatic heterocycles. The molecule has 1 aromatic rings. The molecule has 0 aromatic heterocycles. The molecule has 1 rings (SSSR count). The molecule has 0 bridgehead atoms. The van der Waals surface area contributed by atoms with Crippen molar-refractivity contribution in [2.24, 2.45) is 0 Å². The molecule has 0 aliphatic carbocycles. The van der Waals surface area contributed by atoms with Gasteiger partial charge in [0.1, 0.15) is 11.5 Å². The average Bonchev–Trinajstić information content (AvgIpc) is 2.63. The summed E-state index contributed by atoms with van der Waals surface area (Å²) in [5, 5.41) is 17.3. The summed E-state index contributed by atoms with van der Waals surface area (Å²) in [6.07, 6.45) is 13.5. The van der Waals surface area contributed by atoms with E-state index in [0.717, 1.165) is 12.8 Å². The minimum Gasteiger partial charge on any atom is -0.508 e. The van der Waals surface area contributed by atoms with Crippen LogP contribution in [0.2, 0.25) is 0 Å². The van der Waals surface area contributed by atoms with Crippen LogP contribution in [0.25, 0.3) is 0 Å². The summed E-state index contributed by atoms with van der Waals surface area (Å²) >= 11 is 0. The Morgan fingerprint density at radius 3 is 1.40 bits per heavy atom. The van der Waals surface area contributed by atoms with E-state index in [2.05, 4.69) is 27.7 Å². The van der Waals surface area contributed by atoms with Crippen molar-refractivity contribution in [3.05, 3.63) is 47.9 Å². The monoisotopic (exact) mass is 348 g/mol. The van der Waals surface area contributed by atoms with Gasteiger partial charge in [-0.05, 0) is 73.9 Å². The van der Waals surface area contributed by atoms with E-state index in [9.17, 15) is 0 Å². The van der Waals surface area contributed by atoms with Crippen LogP contribution in [-0.4, -0.2) is 10.2 Å². The number of benzene rings is 1. The molecule has 0 saturated heterocycles. The molecule has 3 heteroatoms. The van der Waals surface area contributed by atoms with E-state index in [1.807, 2.05) is 12.5 Å². The highest BCUT2D eigenvalue weighted by atomic mass is 16.5. The summed E-state index contributed by atoms with van der Waals surface area (Å²) in [7, 11) is 0. The van der Waals surface area contributed by atoms with Crippen LogP contribution in [0.5, 0.6) is 11.5 Å². The fraction of sp³-hybridized carbons (Fsp3) is 0.545. The van der Waals surface area contributed by atoms with Crippen LogP contribution in [0.1, 0.15) is 79.1 Å². The Morgan fingerprint density at radius 2 is 1.12 bits per heavy atom. The van der Waals surface area contributed by atoms with E-state index in [1.165, 1.54) is 73.9 Å². The molecule has 0 amide bonds. The normalized spacial score (nSPS) is 11.7. The van der Waals surface area contributed by atoms with Crippen LogP contribution >= 0.6 is 0 Å². The molecule has 1 aromatic carbocycles. The second kappa shape index (κ2) is 15.6. The first-order chi connectivity index (χ1) is 12.1. The number of phenols is 2. The molecule has 0 saturated carbocycles. The van der Waals surface area contributed by atoms with Crippen molar-refractivity contribution in [2.75, 3.05) is 0 Å². The van der Waals surface area contributed by atoms with Gasteiger partial charge in [-0.25, -0.2) is 0 Å². The Balaban J connectivity index is 0.000000593. The van der Waals surface area contributed by atoms with Crippen molar-refractivity contribution >= 4 is 0 Å². The smallest absolute Gasteiger partial charge is 0.115 e. The van der Waals surface area contributed by atoms with Gasteiger partial charge in [0.15, 0.2) is 0 Å². The van der Waals surface area contributed by atoms with Gasteiger partial charge in [-0.1, -0.05) is 40.5 Å². The van der Waals surface area contributed by atoms with Crippen molar-refractivity contribution < 1.29 is 14.9 Å². The highest BCUT2D eigenvalue weighted by molar-refractivity contribution is 5.28. The van der Waals surface area contributed by atoms with Crippen molar-refractivity contribution in [2.45, 2.75) is 79.1 Å². The Labute approximate surface area is 154 Å². The van der Waals surface area contributed by atoms with Crippen LogP contribution in [0, 0.1) is 0 Å². The SMILES string of the molecule is CCCCC(=COC=C(CC)CCCC)CC.Oc1ccc(O)cc1. The number of hydrogen-bond acceptors (Lipinski definition) is 3. The average molecular weight is 349 g/mol. The zero-order valence-corrected chi connectivity index (χ0v) is 16.4. The summed E-state index contributed by atoms with van der Waals surface area (Å²) < 4.78 is 5.61. The first-order valence-corrected chi connectivity index (χ1v) is 9.56. The Bertz CT molecular complexity index is 441. The number of unbranched alkanes of at least 4 members (excludes halogenated alkanes) is 2. The van der Waals surface area contributed by atoms with Gasteiger partial charge in [0.05, 0.1) is 12.5 Å². The Kier molecular flexibility index (Phi) is 14.4. The molecule has 0 spiro atoms. The molecule has 0 radical (unpaired) electrons. The summed E-state index contributed by atoms with van der Waals surface area (Å²) in [5.74, 6) is 0.339. The number of allylic oxidation sites excluding steroid dienone is 2. The zero-order valence-electron chi connectivity index (χ0n) is 16.4. The zero-order chi connectivity index (χ0) is 18.9. The molecule has 142 valence electrons. The van der Waals surface area contributed by atoms with Crippen molar-refractivity contribution in [1.29, 1.82) is 0 Å². The van der Waals surface area contributed by atoms with Gasteiger partial charge < -0.3 is 14.9 Å². The highest BCUT2D eigenvalue weighted by Gasteiger charge is 1.96. The van der Waals surface area contributed by atoms with Crippen LogP contribution < -0.4 is 0 Å². The molecule has 0 heterocycles. The van der Waals surface area contributed by atoms with E-state index in [1.54, 1.807) is 0 Å². The van der Waals surface area contributed by atoms with Crippen molar-refractivity contribution in [3.8, 4) is 11.5 Å². The highest BCUT2D eigenvalue weighted by Crippen LogP contribution is 2.14. The molecule has 0 aliphatic rings. The molecular formula is C22H36O3. The maximum atomic E-state index is 8.65. The minimum absolute atomic E-state index is 0.169. The lowest BCUT2D eigenvalue weighted by molar-refractivity contribution is 0.385. The third-order valence-electron chi connectivity index (χ3n) is 3.93. The number of hydrogen-bond donors (Lipinski definition) is 2. The van der Waals surface area contributed by atoms with Gasteiger partial charge in [-0.15, -0.1) is 0 Å². The first kappa shape index (κ1) is 23.1. The van der Waals surface area contributed by atoms with Crippen molar-refractivity contribution in [1.82, 2.24) is 0 Å². The quantitative estimate of drug-likeness (QED) is 0.351. The van der Waals surface area contributed by atoms with Crippen LogP contribution in [-0.2, 0) is 4.74 Å². The fourth-order valence-corrected chi connectivity index (χ4v) is 2.12. The second-order valence-corrected chi connectivity index (χ2v) is 6.12. The predicted octanol–water partition coefficient (Wildman–Crippen LogP) is 7.07. The first-order valence-electron chi connectivity index (χ1n) is 9.56. The predicted molar refractivity (Wildman–Crippen MR) is 107 cm³/mol. The van der Waals surface area contributed by atoms with E-state index in [0.29, 0.717) is 0 Å². The van der Waals surface area contributed by atoms with Crippen LogP contribution in [0.4, 0.5) is 0 Å². The summed E-state index contributed by atoms with van der Waals surface area (Å²) in [6.45, 7) is 8.86. The van der Waals surface area contributed by atoms with Crippen LogP contribution in [0.3, 0.4) is 0 Å². The lowest BCUT2D eigenvalue weighted by Gasteiger charge is -2.05. The lowest BCUT2D eigenvalue weighted by Crippen LogP contribution is -1.86. The van der Waals surface area contributed by atoms with Gasteiger partial charge in [-0.3, -0.25) is 0 Å². The van der Waals surface area contributed by atoms with E-state index in [4.69, 9.17) is 14.9 Å². The van der Waals surface area contributed by atoms with Gasteiger partial charge in [0.2, 0.25) is 0 Å². The maximum absolute atomic E-state index is 8.65. The number of phenolic OH excluding ortho intramolecular Hbond substituents is 2. The Hall–Kier alpha value is -1.90. The minimum atomic E-state index is 0.169. The molecular weight excluding hydrogens is 312 g/mol. The molecule has 3 nitrogen and oxygen atoms in total. The number of aromatic hydroxyl groups is 2. The van der Waals surface area contributed by atoms with E-state index in [-0.39, 0.29) is 11.5 Å². The summed E-state index contributed by atoms with van der Waals surface area (Å²) in [6, 6.07) is 5.70. The number of rotatable bonds is 10. The van der Waals surface area contributed by atoms with Crippen molar-refractivity contribution in [3.63, 3.8) is 0 Å². The molecule has 0 atom stereocenters. The second-order valence-electron chi connectivity index (χ2n) is 6.12. The summed E-state index contributed by atoms with van der Waals surface area (Å²) in [5.41, 5.74) is 2.85. The molecule has 25 heavy (non-hydrogen) atoms.